The van der Waals surface area contributed by atoms with Crippen LogP contribution in [0, 0.1) is 0 Å². The highest BCUT2D eigenvalue weighted by Crippen LogP contribution is 2.13. The summed E-state index contributed by atoms with van der Waals surface area (Å²) in [6.45, 7) is 3.23. The molecule has 1 amide bonds. The molecule has 0 bridgehead atoms. The molecule has 0 saturated carbocycles. The van der Waals surface area contributed by atoms with E-state index in [-0.39, 0.29) is 0 Å². The standard InChI is InChI=1S/C11H22N2O/c1-10(13-9-14)6-7-11-5-3-2-4-8-12-11/h9-12H,2-8H2,1H3,(H,13,14). The number of carbonyl (C=O) groups excluding carboxylic acids is 1. The van der Waals surface area contributed by atoms with Gasteiger partial charge in [-0.2, -0.15) is 0 Å². The van der Waals surface area contributed by atoms with Crippen molar-refractivity contribution >= 4 is 6.41 Å². The number of rotatable bonds is 5. The molecule has 1 heterocycles. The Labute approximate surface area is 86.6 Å². The molecule has 2 atom stereocenters. The molecule has 1 fully saturated rings. The maximum absolute atomic E-state index is 10.2. The third-order valence-corrected chi connectivity index (χ3v) is 2.96. The van der Waals surface area contributed by atoms with Gasteiger partial charge in [0.25, 0.3) is 0 Å². The van der Waals surface area contributed by atoms with Gasteiger partial charge >= 0.3 is 0 Å². The number of carbonyl (C=O) groups is 1. The Kier molecular flexibility index (Phi) is 5.60. The van der Waals surface area contributed by atoms with Crippen LogP contribution in [-0.4, -0.2) is 25.0 Å². The summed E-state index contributed by atoms with van der Waals surface area (Å²) in [6.07, 6.45) is 8.40. The third-order valence-electron chi connectivity index (χ3n) is 2.96. The summed E-state index contributed by atoms with van der Waals surface area (Å²) in [5.41, 5.74) is 0. The average molecular weight is 198 g/mol. The molecule has 2 N–H and O–H groups in total. The molecule has 3 heteroatoms. The van der Waals surface area contributed by atoms with Crippen LogP contribution < -0.4 is 10.6 Å². The van der Waals surface area contributed by atoms with E-state index in [1.54, 1.807) is 0 Å². The minimum Gasteiger partial charge on any atom is -0.356 e. The largest absolute Gasteiger partial charge is 0.356 e. The van der Waals surface area contributed by atoms with Crippen molar-refractivity contribution in [3.8, 4) is 0 Å². The van der Waals surface area contributed by atoms with E-state index < -0.39 is 0 Å². The highest BCUT2D eigenvalue weighted by Gasteiger charge is 2.12. The Bertz CT molecular complexity index is 153. The number of nitrogens with one attached hydrogen (secondary N) is 2. The second-order valence-electron chi connectivity index (χ2n) is 4.26. The molecule has 1 aliphatic heterocycles. The highest BCUT2D eigenvalue weighted by atomic mass is 16.1. The normalized spacial score (nSPS) is 25.1. The molecule has 0 aliphatic carbocycles. The van der Waals surface area contributed by atoms with Crippen LogP contribution in [0.15, 0.2) is 0 Å². The van der Waals surface area contributed by atoms with Gasteiger partial charge in [-0.05, 0) is 39.2 Å². The highest BCUT2D eigenvalue weighted by molar-refractivity contribution is 5.46. The Morgan fingerprint density at radius 3 is 3.14 bits per heavy atom. The summed E-state index contributed by atoms with van der Waals surface area (Å²) in [4.78, 5) is 10.2. The second kappa shape index (κ2) is 6.82. The van der Waals surface area contributed by atoms with Crippen LogP contribution in [0.1, 0.15) is 45.4 Å². The van der Waals surface area contributed by atoms with Crippen molar-refractivity contribution < 1.29 is 4.79 Å². The van der Waals surface area contributed by atoms with Crippen molar-refractivity contribution in [3.05, 3.63) is 0 Å². The van der Waals surface area contributed by atoms with Crippen molar-refractivity contribution in [1.82, 2.24) is 10.6 Å². The molecular weight excluding hydrogens is 176 g/mol. The zero-order valence-electron chi connectivity index (χ0n) is 9.09. The lowest BCUT2D eigenvalue weighted by Gasteiger charge is -2.18. The molecule has 3 nitrogen and oxygen atoms in total. The van der Waals surface area contributed by atoms with Gasteiger partial charge in [0.1, 0.15) is 0 Å². The first-order chi connectivity index (χ1) is 6.83. The molecule has 0 spiro atoms. The van der Waals surface area contributed by atoms with Gasteiger partial charge in [-0.1, -0.05) is 12.8 Å². The Morgan fingerprint density at radius 1 is 1.50 bits per heavy atom. The van der Waals surface area contributed by atoms with Gasteiger partial charge < -0.3 is 10.6 Å². The van der Waals surface area contributed by atoms with E-state index in [2.05, 4.69) is 17.6 Å². The first-order valence-electron chi connectivity index (χ1n) is 5.76. The van der Waals surface area contributed by atoms with Crippen molar-refractivity contribution in [2.24, 2.45) is 0 Å². The molecule has 0 aromatic carbocycles. The fourth-order valence-electron chi connectivity index (χ4n) is 2.00. The lowest BCUT2D eigenvalue weighted by Crippen LogP contribution is -2.31. The molecule has 82 valence electrons. The minimum absolute atomic E-state index is 0.317. The van der Waals surface area contributed by atoms with E-state index in [1.165, 1.54) is 38.6 Å². The topological polar surface area (TPSA) is 41.1 Å². The lowest BCUT2D eigenvalue weighted by molar-refractivity contribution is -0.110. The fourth-order valence-corrected chi connectivity index (χ4v) is 2.00. The van der Waals surface area contributed by atoms with Gasteiger partial charge in [0, 0.05) is 12.1 Å². The molecule has 1 aliphatic rings. The summed E-state index contributed by atoms with van der Waals surface area (Å²) in [6, 6.07) is 0.992. The van der Waals surface area contributed by atoms with Gasteiger partial charge in [0.2, 0.25) is 6.41 Å². The zero-order chi connectivity index (χ0) is 10.2. The summed E-state index contributed by atoms with van der Waals surface area (Å²) >= 11 is 0. The molecule has 0 aromatic rings. The smallest absolute Gasteiger partial charge is 0.207 e. The van der Waals surface area contributed by atoms with Crippen LogP contribution in [0.5, 0.6) is 0 Å². The van der Waals surface area contributed by atoms with Crippen LogP contribution in [-0.2, 0) is 4.79 Å². The van der Waals surface area contributed by atoms with Crippen LogP contribution >= 0.6 is 0 Å². The summed E-state index contributed by atoms with van der Waals surface area (Å²) in [5.74, 6) is 0. The van der Waals surface area contributed by atoms with Gasteiger partial charge in [0.05, 0.1) is 0 Å². The van der Waals surface area contributed by atoms with Crippen molar-refractivity contribution in [1.29, 1.82) is 0 Å². The van der Waals surface area contributed by atoms with Crippen LogP contribution in [0.25, 0.3) is 0 Å². The van der Waals surface area contributed by atoms with Gasteiger partial charge in [-0.15, -0.1) is 0 Å². The molecule has 0 radical (unpaired) electrons. The van der Waals surface area contributed by atoms with E-state index in [0.717, 1.165) is 12.8 Å². The molecule has 1 saturated heterocycles. The third kappa shape index (κ3) is 4.61. The van der Waals surface area contributed by atoms with E-state index in [0.29, 0.717) is 12.1 Å². The van der Waals surface area contributed by atoms with Crippen molar-refractivity contribution in [2.45, 2.75) is 57.5 Å². The lowest BCUT2D eigenvalue weighted by atomic mass is 10.0. The molecule has 0 aromatic heterocycles. The van der Waals surface area contributed by atoms with E-state index in [9.17, 15) is 4.79 Å². The molecule has 14 heavy (non-hydrogen) atoms. The van der Waals surface area contributed by atoms with E-state index >= 15 is 0 Å². The Balaban J connectivity index is 2.12. The number of hydrogen-bond donors (Lipinski definition) is 2. The van der Waals surface area contributed by atoms with Gasteiger partial charge in [-0.3, -0.25) is 4.79 Å². The summed E-state index contributed by atoms with van der Waals surface area (Å²) in [5, 5.41) is 6.36. The summed E-state index contributed by atoms with van der Waals surface area (Å²) in [7, 11) is 0. The second-order valence-corrected chi connectivity index (χ2v) is 4.26. The number of amides is 1. The molecule has 1 rings (SSSR count). The maximum atomic E-state index is 10.2. The summed E-state index contributed by atoms with van der Waals surface area (Å²) < 4.78 is 0. The Hall–Kier alpha value is -0.570. The monoisotopic (exact) mass is 198 g/mol. The van der Waals surface area contributed by atoms with Gasteiger partial charge in [0.15, 0.2) is 0 Å². The average Bonchev–Trinajstić information content (AvgIpc) is 2.43. The van der Waals surface area contributed by atoms with E-state index in [1.807, 2.05) is 0 Å². The van der Waals surface area contributed by atoms with Crippen LogP contribution in [0.4, 0.5) is 0 Å². The maximum Gasteiger partial charge on any atom is 0.207 e. The fraction of sp³-hybridized carbons (Fsp3) is 0.909. The van der Waals surface area contributed by atoms with Crippen molar-refractivity contribution in [2.75, 3.05) is 6.54 Å². The predicted octanol–water partition coefficient (Wildman–Crippen LogP) is 1.43. The SMILES string of the molecule is CC(CCC1CCCCCN1)NC=O. The van der Waals surface area contributed by atoms with Crippen molar-refractivity contribution in [3.63, 3.8) is 0 Å². The first-order valence-corrected chi connectivity index (χ1v) is 5.76. The molecular formula is C11H22N2O. The number of hydrogen-bond acceptors (Lipinski definition) is 2. The van der Waals surface area contributed by atoms with Gasteiger partial charge in [-0.25, -0.2) is 0 Å². The predicted molar refractivity (Wildman–Crippen MR) is 58.2 cm³/mol. The minimum atomic E-state index is 0.317. The van der Waals surface area contributed by atoms with E-state index in [4.69, 9.17) is 0 Å². The van der Waals surface area contributed by atoms with Crippen LogP contribution in [0.3, 0.4) is 0 Å². The Morgan fingerprint density at radius 2 is 2.36 bits per heavy atom. The van der Waals surface area contributed by atoms with Crippen LogP contribution in [0.2, 0.25) is 0 Å². The first kappa shape index (κ1) is 11.5. The zero-order valence-corrected chi connectivity index (χ0v) is 9.09. The molecule has 2 unspecified atom stereocenters. The quantitative estimate of drug-likeness (QED) is 0.656.